The molecule has 0 aliphatic heterocycles. The van der Waals surface area contributed by atoms with Gasteiger partial charge in [-0.05, 0) is 18.6 Å². The maximum atomic E-state index is 13.6. The van der Waals surface area contributed by atoms with E-state index in [9.17, 15) is 18.0 Å². The van der Waals surface area contributed by atoms with Gasteiger partial charge in [0.05, 0.1) is 24.1 Å². The van der Waals surface area contributed by atoms with E-state index in [0.717, 1.165) is 10.9 Å². The lowest BCUT2D eigenvalue weighted by molar-refractivity contribution is -0.143. The third-order valence-corrected chi connectivity index (χ3v) is 3.55. The molecule has 0 saturated carbocycles. The lowest BCUT2D eigenvalue weighted by Crippen LogP contribution is -2.41. The number of aromatic nitrogens is 2. The Morgan fingerprint density at radius 1 is 1.36 bits per heavy atom. The Balaban J connectivity index is 2.40. The van der Waals surface area contributed by atoms with Crippen molar-refractivity contribution >= 4 is 5.91 Å². The van der Waals surface area contributed by atoms with Crippen molar-refractivity contribution in [3.8, 4) is 5.69 Å². The van der Waals surface area contributed by atoms with Crippen LogP contribution < -0.4 is 5.43 Å². The van der Waals surface area contributed by atoms with Crippen molar-refractivity contribution in [1.82, 2.24) is 20.2 Å². The number of nitrogens with one attached hydrogen (secondary N) is 1. The second-order valence-corrected chi connectivity index (χ2v) is 5.46. The molecule has 1 amide bonds. The predicted octanol–water partition coefficient (Wildman–Crippen LogP) is 2.42. The van der Waals surface area contributed by atoms with Crippen LogP contribution >= 0.6 is 0 Å². The van der Waals surface area contributed by atoms with Gasteiger partial charge >= 0.3 is 6.18 Å². The molecular weight excluding hydrogens is 337 g/mol. The fourth-order valence-electron chi connectivity index (χ4n) is 2.29. The van der Waals surface area contributed by atoms with Gasteiger partial charge in [0.1, 0.15) is 0 Å². The topological polar surface area (TPSA) is 59.4 Å². The average molecular weight is 356 g/mol. The monoisotopic (exact) mass is 356 g/mol. The molecule has 2 rings (SSSR count). The highest BCUT2D eigenvalue weighted by Gasteiger charge is 2.40. The average Bonchev–Trinajstić information content (AvgIpc) is 2.98. The van der Waals surface area contributed by atoms with Gasteiger partial charge in [-0.2, -0.15) is 18.3 Å². The molecule has 25 heavy (non-hydrogen) atoms. The van der Waals surface area contributed by atoms with Crippen molar-refractivity contribution in [2.75, 3.05) is 27.3 Å². The van der Waals surface area contributed by atoms with Gasteiger partial charge in [0, 0.05) is 20.7 Å². The minimum Gasteiger partial charge on any atom is -0.383 e. The zero-order chi connectivity index (χ0) is 18.6. The number of carbonyl (C=O) groups is 1. The van der Waals surface area contributed by atoms with E-state index in [1.165, 1.54) is 25.2 Å². The van der Waals surface area contributed by atoms with Crippen LogP contribution in [0, 0.1) is 6.92 Å². The molecule has 1 aromatic carbocycles. The van der Waals surface area contributed by atoms with Crippen molar-refractivity contribution < 1.29 is 22.7 Å². The Hall–Kier alpha value is -2.39. The van der Waals surface area contributed by atoms with Gasteiger partial charge in [0.15, 0.2) is 5.69 Å². The Labute approximate surface area is 143 Å². The molecule has 0 aliphatic rings. The molecule has 0 aliphatic carbocycles. The van der Waals surface area contributed by atoms with E-state index in [1.54, 1.807) is 25.1 Å². The highest BCUT2D eigenvalue weighted by Crippen LogP contribution is 2.34. The fraction of sp³-hybridized carbons (Fsp3) is 0.375. The summed E-state index contributed by atoms with van der Waals surface area (Å²) in [5.74, 6) is -0.884. The summed E-state index contributed by atoms with van der Waals surface area (Å²) in [7, 11) is 3.03. The summed E-state index contributed by atoms with van der Waals surface area (Å²) in [4.78, 5) is 12.3. The van der Waals surface area contributed by atoms with E-state index in [1.807, 2.05) is 0 Å². The van der Waals surface area contributed by atoms with Crippen LogP contribution in [0.3, 0.4) is 0 Å². The van der Waals surface area contributed by atoms with Crippen LogP contribution in [0.15, 0.2) is 30.5 Å². The molecule has 0 atom stereocenters. The number of hydrogen-bond donors (Lipinski definition) is 1. The molecule has 0 spiro atoms. The van der Waals surface area contributed by atoms with Crippen molar-refractivity contribution in [3.63, 3.8) is 0 Å². The maximum absolute atomic E-state index is 13.6. The summed E-state index contributed by atoms with van der Waals surface area (Å²) < 4.78 is 46.4. The van der Waals surface area contributed by atoms with E-state index in [-0.39, 0.29) is 5.69 Å². The Morgan fingerprint density at radius 3 is 2.64 bits per heavy atom. The third-order valence-electron chi connectivity index (χ3n) is 3.55. The number of halogens is 3. The third kappa shape index (κ3) is 4.37. The molecular formula is C16H19F3N4O2. The predicted molar refractivity (Wildman–Crippen MR) is 85.3 cm³/mol. The van der Waals surface area contributed by atoms with Crippen LogP contribution in [0.2, 0.25) is 0 Å². The molecule has 6 nitrogen and oxygen atoms in total. The normalized spacial score (nSPS) is 11.8. The largest absolute Gasteiger partial charge is 0.434 e. The number of methoxy groups -OCH3 is 1. The summed E-state index contributed by atoms with van der Waals surface area (Å²) in [5, 5.41) is 5.16. The minimum atomic E-state index is -4.74. The Kier molecular flexibility index (Phi) is 5.81. The summed E-state index contributed by atoms with van der Waals surface area (Å²) in [5.41, 5.74) is 1.61. The van der Waals surface area contributed by atoms with E-state index in [2.05, 4.69) is 10.5 Å². The van der Waals surface area contributed by atoms with Crippen molar-refractivity contribution in [2.45, 2.75) is 13.1 Å². The smallest absolute Gasteiger partial charge is 0.383 e. The van der Waals surface area contributed by atoms with Crippen LogP contribution in [-0.4, -0.2) is 48.0 Å². The van der Waals surface area contributed by atoms with E-state index < -0.39 is 23.3 Å². The van der Waals surface area contributed by atoms with Gasteiger partial charge in [-0.15, -0.1) is 0 Å². The highest BCUT2D eigenvalue weighted by atomic mass is 19.4. The lowest BCUT2D eigenvalue weighted by atomic mass is 10.2. The van der Waals surface area contributed by atoms with E-state index >= 15 is 0 Å². The number of hydrazine groups is 1. The fourth-order valence-corrected chi connectivity index (χ4v) is 2.29. The maximum Gasteiger partial charge on any atom is 0.434 e. The number of ether oxygens (including phenoxy) is 1. The first-order chi connectivity index (χ1) is 11.8. The van der Waals surface area contributed by atoms with Gasteiger partial charge in [-0.3, -0.25) is 10.2 Å². The van der Waals surface area contributed by atoms with Gasteiger partial charge in [-0.1, -0.05) is 18.2 Å². The number of rotatable bonds is 6. The van der Waals surface area contributed by atoms with E-state index in [4.69, 9.17) is 4.74 Å². The molecule has 0 radical (unpaired) electrons. The van der Waals surface area contributed by atoms with Gasteiger partial charge < -0.3 is 4.74 Å². The van der Waals surface area contributed by atoms with Gasteiger partial charge in [0.2, 0.25) is 0 Å². The molecule has 0 saturated heterocycles. The molecule has 0 fully saturated rings. The van der Waals surface area contributed by atoms with Gasteiger partial charge in [0.25, 0.3) is 5.91 Å². The molecule has 2 aromatic rings. The molecule has 136 valence electrons. The first kappa shape index (κ1) is 18.9. The van der Waals surface area contributed by atoms with Crippen LogP contribution in [0.5, 0.6) is 0 Å². The van der Waals surface area contributed by atoms with Crippen molar-refractivity contribution in [1.29, 1.82) is 0 Å². The van der Waals surface area contributed by atoms with Crippen LogP contribution in [0.25, 0.3) is 5.69 Å². The summed E-state index contributed by atoms with van der Waals surface area (Å²) >= 11 is 0. The number of nitrogens with zero attached hydrogens (tertiary/aromatic N) is 3. The second-order valence-electron chi connectivity index (χ2n) is 5.46. The van der Waals surface area contributed by atoms with Crippen molar-refractivity contribution in [2.24, 2.45) is 0 Å². The molecule has 1 N–H and O–H groups in total. The number of carbonyl (C=O) groups excluding carboxylic acids is 1. The number of alkyl halides is 3. The molecule has 0 bridgehead atoms. The van der Waals surface area contributed by atoms with Crippen LogP contribution in [-0.2, 0) is 10.9 Å². The zero-order valence-corrected chi connectivity index (χ0v) is 14.1. The quantitative estimate of drug-likeness (QED) is 0.808. The summed E-state index contributed by atoms with van der Waals surface area (Å²) in [6.07, 6.45) is -3.81. The summed E-state index contributed by atoms with van der Waals surface area (Å²) in [6, 6.07) is 6.52. The standard InChI is InChI=1S/C16H19F3N4O2/c1-11-6-4-5-7-13(11)23-14(16(17,18)19)12(10-20-23)15(24)21-22(2)8-9-25-3/h4-7,10H,8-9H2,1-3H3,(H,21,24). The Morgan fingerprint density at radius 2 is 2.04 bits per heavy atom. The second kappa shape index (κ2) is 7.66. The first-order valence-corrected chi connectivity index (χ1v) is 7.48. The minimum absolute atomic E-state index is 0.265. The molecule has 1 aromatic heterocycles. The van der Waals surface area contributed by atoms with E-state index in [0.29, 0.717) is 18.7 Å². The number of aryl methyl sites for hydroxylation is 1. The molecule has 0 unspecified atom stereocenters. The summed E-state index contributed by atoms with van der Waals surface area (Å²) in [6.45, 7) is 2.33. The first-order valence-electron chi connectivity index (χ1n) is 7.48. The van der Waals surface area contributed by atoms with Crippen molar-refractivity contribution in [3.05, 3.63) is 47.3 Å². The SMILES string of the molecule is COCCN(C)NC(=O)c1cnn(-c2ccccc2C)c1C(F)(F)F. The van der Waals surface area contributed by atoms with Crippen LogP contribution in [0.1, 0.15) is 21.6 Å². The Bertz CT molecular complexity index is 743. The number of likely N-dealkylation sites (N-methyl/N-ethyl adjacent to an activating group) is 1. The highest BCUT2D eigenvalue weighted by molar-refractivity contribution is 5.95. The number of benzene rings is 1. The van der Waals surface area contributed by atoms with Gasteiger partial charge in [-0.25, -0.2) is 9.69 Å². The van der Waals surface area contributed by atoms with Crippen LogP contribution in [0.4, 0.5) is 13.2 Å². The number of para-hydroxylation sites is 1. The number of hydrogen-bond acceptors (Lipinski definition) is 4. The lowest BCUT2D eigenvalue weighted by Gasteiger charge is -2.18. The zero-order valence-electron chi connectivity index (χ0n) is 14.1. The molecule has 1 heterocycles. The number of amides is 1. The molecule has 9 heteroatoms.